The van der Waals surface area contributed by atoms with E-state index in [4.69, 9.17) is 10.8 Å². The van der Waals surface area contributed by atoms with Gasteiger partial charge < -0.3 is 21.5 Å². The van der Waals surface area contributed by atoms with Crippen LogP contribution in [0.15, 0.2) is 48.5 Å². The van der Waals surface area contributed by atoms with Crippen LogP contribution < -0.4 is 16.4 Å². The van der Waals surface area contributed by atoms with Gasteiger partial charge in [0.2, 0.25) is 5.91 Å². The van der Waals surface area contributed by atoms with E-state index in [1.165, 1.54) is 11.8 Å². The van der Waals surface area contributed by atoms with Crippen LogP contribution in [0.1, 0.15) is 35.3 Å². The first-order valence-corrected chi connectivity index (χ1v) is 11.3. The molecule has 2 aromatic rings. The number of ketones is 1. The minimum Gasteiger partial charge on any atom is -0.388 e. The molecule has 0 spiro atoms. The second-order valence-corrected chi connectivity index (χ2v) is 8.31. The lowest BCUT2D eigenvalue weighted by molar-refractivity contribution is -0.123. The molecule has 5 N–H and O–H groups in total. The molecule has 2 amide bonds. The molecule has 0 bridgehead atoms. The van der Waals surface area contributed by atoms with Crippen LogP contribution in [0.4, 0.5) is 5.69 Å². The fourth-order valence-corrected chi connectivity index (χ4v) is 3.29. The number of carbonyl (C=O) groups excluding carboxylic acids is 3. The van der Waals surface area contributed by atoms with Gasteiger partial charge in [0, 0.05) is 28.1 Å². The molecule has 32 heavy (non-hydrogen) atoms. The Morgan fingerprint density at radius 1 is 1.03 bits per heavy atom. The highest BCUT2D eigenvalue weighted by atomic mass is 32.2. The predicted molar refractivity (Wildman–Crippen MR) is 127 cm³/mol. The van der Waals surface area contributed by atoms with Crippen molar-refractivity contribution in [3.63, 3.8) is 0 Å². The minimum atomic E-state index is -0.724. The van der Waals surface area contributed by atoms with Crippen LogP contribution in [-0.2, 0) is 9.59 Å². The summed E-state index contributed by atoms with van der Waals surface area (Å²) < 4.78 is 0. The zero-order valence-electron chi connectivity index (χ0n) is 18.1. The first-order valence-electron chi connectivity index (χ1n) is 10.1. The van der Waals surface area contributed by atoms with Gasteiger partial charge >= 0.3 is 0 Å². The molecule has 2 atom stereocenters. The van der Waals surface area contributed by atoms with Crippen molar-refractivity contribution in [1.29, 1.82) is 0 Å². The third-order valence-electron chi connectivity index (χ3n) is 4.40. The number of aliphatic hydroxyl groups is 1. The molecule has 0 saturated heterocycles. The van der Waals surface area contributed by atoms with E-state index in [1.807, 2.05) is 6.92 Å². The highest BCUT2D eigenvalue weighted by molar-refractivity contribution is 7.99. The molecule has 168 valence electrons. The Morgan fingerprint density at radius 2 is 1.59 bits per heavy atom. The highest BCUT2D eigenvalue weighted by Gasteiger charge is 2.20. The third-order valence-corrected chi connectivity index (χ3v) is 5.38. The predicted octanol–water partition coefficient (Wildman–Crippen LogP) is 1.78. The molecule has 0 heterocycles. The Labute approximate surface area is 192 Å². The van der Waals surface area contributed by atoms with Gasteiger partial charge in [-0.1, -0.05) is 18.8 Å². The van der Waals surface area contributed by atoms with Crippen molar-refractivity contribution in [2.24, 2.45) is 5.73 Å². The van der Waals surface area contributed by atoms with E-state index in [1.54, 1.807) is 55.5 Å². The number of hydrogen-bond donors (Lipinski definition) is 4. The van der Waals surface area contributed by atoms with Crippen LogP contribution in [0.3, 0.4) is 0 Å². The molecule has 0 aliphatic heterocycles. The maximum Gasteiger partial charge on any atom is 0.251 e. The number of amides is 2. The van der Waals surface area contributed by atoms with Crippen molar-refractivity contribution in [1.82, 2.24) is 5.32 Å². The molecule has 2 rings (SSSR count). The van der Waals surface area contributed by atoms with E-state index in [2.05, 4.69) is 22.5 Å². The summed E-state index contributed by atoms with van der Waals surface area (Å²) in [5.41, 5.74) is 8.07. The number of nitrogens with two attached hydrogens (primary N) is 1. The maximum absolute atomic E-state index is 12.5. The van der Waals surface area contributed by atoms with Gasteiger partial charge in [-0.3, -0.25) is 14.4 Å². The lowest BCUT2D eigenvalue weighted by atomic mass is 10.1. The van der Waals surface area contributed by atoms with E-state index in [-0.39, 0.29) is 11.8 Å². The third kappa shape index (κ3) is 7.85. The van der Waals surface area contributed by atoms with Gasteiger partial charge in [-0.25, -0.2) is 0 Å². The number of aliphatic hydroxyl groups excluding tert-OH is 1. The largest absolute Gasteiger partial charge is 0.388 e. The van der Waals surface area contributed by atoms with Gasteiger partial charge in [0.05, 0.1) is 12.1 Å². The Kier molecular flexibility index (Phi) is 9.95. The summed E-state index contributed by atoms with van der Waals surface area (Å²) in [6.07, 6.45) is 0. The maximum atomic E-state index is 12.5. The Morgan fingerprint density at radius 3 is 2.09 bits per heavy atom. The number of thioether (sulfide) groups is 1. The zero-order chi connectivity index (χ0) is 23.5. The number of benzene rings is 2. The van der Waals surface area contributed by atoms with Crippen LogP contribution in [0.5, 0.6) is 0 Å². The molecular weight excluding hydrogens is 426 g/mol. The average molecular weight is 454 g/mol. The summed E-state index contributed by atoms with van der Waals surface area (Å²) in [4.78, 5) is 35.9. The number of carbonyl (C=O) groups is 3. The standard InChI is InChI=1S/C24H27N3O4S/c1-3-32-15-21(22(29)14-28)27-24(31)19-10-6-17(7-11-19)4-5-18-8-12-20(13-9-18)26-23(30)16(2)25/h6-13,16,21,28H,3,14-15,25H2,1-2H3,(H,26,30)(H,27,31)/t16-,21-/m0/s1. The van der Waals surface area contributed by atoms with Crippen molar-refractivity contribution in [3.05, 3.63) is 65.2 Å². The van der Waals surface area contributed by atoms with Crippen molar-refractivity contribution >= 4 is 35.0 Å². The normalized spacial score (nSPS) is 12.1. The second kappa shape index (κ2) is 12.7. The van der Waals surface area contributed by atoms with Gasteiger partial charge in [-0.15, -0.1) is 0 Å². The van der Waals surface area contributed by atoms with Crippen LogP contribution in [-0.4, -0.2) is 52.9 Å². The van der Waals surface area contributed by atoms with E-state index in [0.717, 1.165) is 16.9 Å². The number of nitrogens with one attached hydrogen (secondary N) is 2. The van der Waals surface area contributed by atoms with Crippen LogP contribution in [0.25, 0.3) is 0 Å². The molecule has 0 unspecified atom stereocenters. The lowest BCUT2D eigenvalue weighted by Gasteiger charge is -2.16. The molecule has 0 aliphatic carbocycles. The topological polar surface area (TPSA) is 122 Å². The van der Waals surface area contributed by atoms with Gasteiger partial charge in [0.15, 0.2) is 5.78 Å². The first kappa shape index (κ1) is 25.1. The van der Waals surface area contributed by atoms with Crippen molar-refractivity contribution in [2.45, 2.75) is 25.9 Å². The smallest absolute Gasteiger partial charge is 0.251 e. The fraction of sp³-hybridized carbons (Fsp3) is 0.292. The first-order chi connectivity index (χ1) is 15.3. The fourth-order valence-electron chi connectivity index (χ4n) is 2.54. The van der Waals surface area contributed by atoms with E-state index < -0.39 is 24.5 Å². The van der Waals surface area contributed by atoms with Crippen LogP contribution >= 0.6 is 11.8 Å². The van der Waals surface area contributed by atoms with E-state index in [9.17, 15) is 14.4 Å². The van der Waals surface area contributed by atoms with Gasteiger partial charge in [0.25, 0.3) is 5.91 Å². The summed E-state index contributed by atoms with van der Waals surface area (Å²) in [5.74, 6) is 6.22. The number of hydrogen-bond acceptors (Lipinski definition) is 6. The van der Waals surface area contributed by atoms with Crippen molar-refractivity contribution < 1.29 is 19.5 Å². The van der Waals surface area contributed by atoms with Gasteiger partial charge in [-0.2, -0.15) is 11.8 Å². The monoisotopic (exact) mass is 453 g/mol. The second-order valence-electron chi connectivity index (χ2n) is 6.99. The van der Waals surface area contributed by atoms with Crippen LogP contribution in [0.2, 0.25) is 0 Å². The molecule has 8 heteroatoms. The quantitative estimate of drug-likeness (QED) is 0.430. The highest BCUT2D eigenvalue weighted by Crippen LogP contribution is 2.10. The molecule has 0 radical (unpaired) electrons. The molecule has 0 aromatic heterocycles. The van der Waals surface area contributed by atoms with Crippen molar-refractivity contribution in [2.75, 3.05) is 23.4 Å². The molecule has 0 saturated carbocycles. The average Bonchev–Trinajstić information content (AvgIpc) is 2.80. The van der Waals surface area contributed by atoms with Crippen molar-refractivity contribution in [3.8, 4) is 11.8 Å². The Bertz CT molecular complexity index is 993. The molecule has 7 nitrogen and oxygen atoms in total. The molecule has 0 fully saturated rings. The Hall–Kier alpha value is -3.12. The summed E-state index contributed by atoms with van der Waals surface area (Å²) in [5, 5.41) is 14.5. The number of rotatable bonds is 9. The van der Waals surface area contributed by atoms with E-state index in [0.29, 0.717) is 17.0 Å². The summed E-state index contributed by atoms with van der Waals surface area (Å²) in [7, 11) is 0. The van der Waals surface area contributed by atoms with E-state index >= 15 is 0 Å². The zero-order valence-corrected chi connectivity index (χ0v) is 18.9. The molecule has 2 aromatic carbocycles. The van der Waals surface area contributed by atoms with Crippen LogP contribution in [0, 0.1) is 11.8 Å². The van der Waals surface area contributed by atoms with Gasteiger partial charge in [-0.05, 0) is 61.2 Å². The summed E-state index contributed by atoms with van der Waals surface area (Å²) in [6.45, 7) is 2.97. The molecular formula is C24H27N3O4S. The lowest BCUT2D eigenvalue weighted by Crippen LogP contribution is -2.44. The number of anilines is 1. The SMILES string of the molecule is CCSC[C@H](NC(=O)c1ccc(C#Cc2ccc(NC(=O)[C@H](C)N)cc2)cc1)C(=O)CO. The minimum absolute atomic E-state index is 0.260. The Balaban J connectivity index is 2.01. The summed E-state index contributed by atoms with van der Waals surface area (Å²) in [6, 6.07) is 12.5. The summed E-state index contributed by atoms with van der Waals surface area (Å²) >= 11 is 1.52. The van der Waals surface area contributed by atoms with Gasteiger partial charge in [0.1, 0.15) is 6.61 Å². The number of Topliss-reactive ketones (excluding diaryl/α,β-unsaturated/α-hetero) is 1. The molecule has 0 aliphatic rings.